The van der Waals surface area contributed by atoms with E-state index in [2.05, 4.69) is 18.7 Å². The minimum absolute atomic E-state index is 0.104. The van der Waals surface area contributed by atoms with E-state index in [1.807, 2.05) is 49.2 Å². The maximum absolute atomic E-state index is 12.6. The predicted molar refractivity (Wildman–Crippen MR) is 84.0 cm³/mol. The minimum atomic E-state index is -0.104. The highest BCUT2D eigenvalue weighted by atomic mass is 16.5. The summed E-state index contributed by atoms with van der Waals surface area (Å²) < 4.78 is 5.74. The van der Waals surface area contributed by atoms with Crippen LogP contribution in [0.2, 0.25) is 0 Å². The van der Waals surface area contributed by atoms with Crippen LogP contribution in [-0.4, -0.2) is 54.1 Å². The van der Waals surface area contributed by atoms with Crippen LogP contribution >= 0.6 is 0 Å². The van der Waals surface area contributed by atoms with Crippen LogP contribution in [-0.2, 0) is 16.1 Å². The maximum Gasteiger partial charge on any atom is 0.239 e. The predicted octanol–water partition coefficient (Wildman–Crippen LogP) is 2.14. The Hall–Kier alpha value is -1.39. The molecule has 0 radical (unpaired) electrons. The monoisotopic (exact) mass is 290 g/mol. The van der Waals surface area contributed by atoms with Crippen LogP contribution in [0, 0.1) is 0 Å². The molecule has 116 valence electrons. The van der Waals surface area contributed by atoms with E-state index >= 15 is 0 Å². The first-order valence-electron chi connectivity index (χ1n) is 7.65. The van der Waals surface area contributed by atoms with Gasteiger partial charge >= 0.3 is 0 Å². The van der Waals surface area contributed by atoms with Crippen LogP contribution in [0.15, 0.2) is 30.3 Å². The molecule has 0 aromatic heterocycles. The number of benzene rings is 1. The van der Waals surface area contributed by atoms with E-state index in [1.54, 1.807) is 0 Å². The van der Waals surface area contributed by atoms with Crippen molar-refractivity contribution in [1.29, 1.82) is 0 Å². The number of likely N-dealkylation sites (N-methyl/N-ethyl adjacent to an activating group) is 1. The lowest BCUT2D eigenvalue weighted by atomic mass is 10.1. The zero-order valence-electron chi connectivity index (χ0n) is 13.5. The summed E-state index contributed by atoms with van der Waals surface area (Å²) in [7, 11) is 1.87. The molecule has 1 aliphatic heterocycles. The molecule has 0 aliphatic carbocycles. The molecule has 0 saturated carbocycles. The molecule has 4 heteroatoms. The molecule has 0 spiro atoms. The van der Waals surface area contributed by atoms with Crippen LogP contribution in [0.25, 0.3) is 0 Å². The van der Waals surface area contributed by atoms with Gasteiger partial charge in [0.25, 0.3) is 0 Å². The van der Waals surface area contributed by atoms with Gasteiger partial charge in [-0.15, -0.1) is 0 Å². The van der Waals surface area contributed by atoms with E-state index in [1.165, 1.54) is 0 Å². The van der Waals surface area contributed by atoms with Crippen molar-refractivity contribution in [2.45, 2.75) is 45.6 Å². The van der Waals surface area contributed by atoms with Gasteiger partial charge in [-0.1, -0.05) is 30.3 Å². The van der Waals surface area contributed by atoms with Gasteiger partial charge in [0.2, 0.25) is 5.91 Å². The van der Waals surface area contributed by atoms with Crippen molar-refractivity contribution in [3.8, 4) is 0 Å². The number of carbonyl (C=O) groups excluding carboxylic acids is 1. The van der Waals surface area contributed by atoms with Crippen molar-refractivity contribution in [2.24, 2.45) is 0 Å². The number of nitrogens with zero attached hydrogens (tertiary/aromatic N) is 2. The molecular formula is C17H26N2O2. The van der Waals surface area contributed by atoms with Gasteiger partial charge in [0.05, 0.1) is 18.2 Å². The summed E-state index contributed by atoms with van der Waals surface area (Å²) in [6.07, 6.45) is 0.367. The average Bonchev–Trinajstić information content (AvgIpc) is 2.45. The molecular weight excluding hydrogens is 264 g/mol. The lowest BCUT2D eigenvalue weighted by Gasteiger charge is -2.39. The molecule has 21 heavy (non-hydrogen) atoms. The van der Waals surface area contributed by atoms with Crippen molar-refractivity contribution in [3.05, 3.63) is 35.9 Å². The van der Waals surface area contributed by atoms with Crippen LogP contribution < -0.4 is 0 Å². The van der Waals surface area contributed by atoms with E-state index in [0.29, 0.717) is 6.54 Å². The number of morpholine rings is 1. The summed E-state index contributed by atoms with van der Waals surface area (Å²) in [4.78, 5) is 16.6. The van der Waals surface area contributed by atoms with Crippen LogP contribution in [0.3, 0.4) is 0 Å². The number of hydrogen-bond donors (Lipinski definition) is 0. The smallest absolute Gasteiger partial charge is 0.239 e. The number of carbonyl (C=O) groups is 1. The van der Waals surface area contributed by atoms with E-state index in [0.717, 1.165) is 18.7 Å². The van der Waals surface area contributed by atoms with E-state index in [9.17, 15) is 4.79 Å². The van der Waals surface area contributed by atoms with Crippen molar-refractivity contribution < 1.29 is 9.53 Å². The Balaban J connectivity index is 1.95. The van der Waals surface area contributed by atoms with E-state index in [4.69, 9.17) is 4.74 Å². The largest absolute Gasteiger partial charge is 0.373 e. The fourth-order valence-electron chi connectivity index (χ4n) is 2.94. The van der Waals surface area contributed by atoms with Crippen LogP contribution in [0.5, 0.6) is 0 Å². The molecule has 2 rings (SSSR count). The molecule has 1 fully saturated rings. The van der Waals surface area contributed by atoms with Gasteiger partial charge in [-0.2, -0.15) is 0 Å². The van der Waals surface area contributed by atoms with Gasteiger partial charge in [0.15, 0.2) is 0 Å². The quantitative estimate of drug-likeness (QED) is 0.852. The SMILES string of the molecule is CC1CN(C(C)C(=O)N(C)Cc2ccccc2)CC(C)O1. The van der Waals surface area contributed by atoms with E-state index < -0.39 is 0 Å². The summed E-state index contributed by atoms with van der Waals surface area (Å²) >= 11 is 0. The molecule has 1 aromatic carbocycles. The second-order valence-electron chi connectivity index (χ2n) is 6.07. The zero-order valence-corrected chi connectivity index (χ0v) is 13.5. The van der Waals surface area contributed by atoms with Gasteiger partial charge in [0, 0.05) is 26.7 Å². The Morgan fingerprint density at radius 2 is 1.86 bits per heavy atom. The average molecular weight is 290 g/mol. The Bertz CT molecular complexity index is 453. The molecule has 0 N–H and O–H groups in total. The Morgan fingerprint density at radius 3 is 2.43 bits per heavy atom. The first kappa shape index (κ1) is 16.0. The Labute approximate surface area is 127 Å². The summed E-state index contributed by atoms with van der Waals surface area (Å²) in [6, 6.07) is 9.99. The molecule has 3 unspecified atom stereocenters. The fraction of sp³-hybridized carbons (Fsp3) is 0.588. The lowest BCUT2D eigenvalue weighted by molar-refractivity contribution is -0.141. The molecule has 1 aromatic rings. The highest BCUT2D eigenvalue weighted by Gasteiger charge is 2.30. The first-order valence-corrected chi connectivity index (χ1v) is 7.65. The summed E-state index contributed by atoms with van der Waals surface area (Å²) in [5, 5.41) is 0. The Kier molecular flexibility index (Phi) is 5.37. The Morgan fingerprint density at radius 1 is 1.29 bits per heavy atom. The molecule has 3 atom stereocenters. The molecule has 1 amide bonds. The maximum atomic E-state index is 12.6. The second kappa shape index (κ2) is 7.05. The van der Waals surface area contributed by atoms with Crippen molar-refractivity contribution in [2.75, 3.05) is 20.1 Å². The standard InChI is InChI=1S/C17H26N2O2/c1-13-10-19(11-14(2)21-13)15(3)17(20)18(4)12-16-8-6-5-7-9-16/h5-9,13-15H,10-12H2,1-4H3. The first-order chi connectivity index (χ1) is 9.97. The van der Waals surface area contributed by atoms with Crippen LogP contribution in [0.1, 0.15) is 26.3 Å². The van der Waals surface area contributed by atoms with Crippen LogP contribution in [0.4, 0.5) is 0 Å². The molecule has 1 heterocycles. The summed E-state index contributed by atoms with van der Waals surface area (Å²) in [5.41, 5.74) is 1.16. The summed E-state index contributed by atoms with van der Waals surface area (Å²) in [5.74, 6) is 0.167. The number of hydrogen-bond acceptors (Lipinski definition) is 3. The van der Waals surface area contributed by atoms with E-state index in [-0.39, 0.29) is 24.2 Å². The third kappa shape index (κ3) is 4.29. The van der Waals surface area contributed by atoms with Gasteiger partial charge in [-0.25, -0.2) is 0 Å². The summed E-state index contributed by atoms with van der Waals surface area (Å²) in [6.45, 7) is 8.40. The van der Waals surface area contributed by atoms with Crippen molar-refractivity contribution >= 4 is 5.91 Å². The fourth-order valence-corrected chi connectivity index (χ4v) is 2.94. The highest BCUT2D eigenvalue weighted by Crippen LogP contribution is 2.15. The third-order valence-electron chi connectivity index (χ3n) is 3.99. The normalized spacial score (nSPS) is 24.6. The van der Waals surface area contributed by atoms with Crippen molar-refractivity contribution in [1.82, 2.24) is 9.80 Å². The number of rotatable bonds is 4. The zero-order chi connectivity index (χ0) is 15.4. The lowest BCUT2D eigenvalue weighted by Crippen LogP contribution is -2.54. The molecule has 1 aliphatic rings. The number of ether oxygens (including phenoxy) is 1. The minimum Gasteiger partial charge on any atom is -0.373 e. The van der Waals surface area contributed by atoms with Gasteiger partial charge in [-0.05, 0) is 26.3 Å². The van der Waals surface area contributed by atoms with Gasteiger partial charge in [0.1, 0.15) is 0 Å². The molecule has 4 nitrogen and oxygen atoms in total. The van der Waals surface area contributed by atoms with Gasteiger partial charge < -0.3 is 9.64 Å². The third-order valence-corrected chi connectivity index (χ3v) is 3.99. The number of amides is 1. The van der Waals surface area contributed by atoms with Gasteiger partial charge in [-0.3, -0.25) is 9.69 Å². The molecule has 1 saturated heterocycles. The van der Waals surface area contributed by atoms with Crippen molar-refractivity contribution in [3.63, 3.8) is 0 Å². The molecule has 0 bridgehead atoms. The topological polar surface area (TPSA) is 32.8 Å². The second-order valence-corrected chi connectivity index (χ2v) is 6.07. The highest BCUT2D eigenvalue weighted by molar-refractivity contribution is 5.81.